The van der Waals surface area contributed by atoms with E-state index in [2.05, 4.69) is 15.3 Å². The summed E-state index contributed by atoms with van der Waals surface area (Å²) >= 11 is 6.47. The molecule has 1 fully saturated rings. The molecule has 1 aromatic carbocycles. The standard InChI is InChI=1S/C23H28ClN5O4S/c1-15-5-7-17(8-6-15)34(31,32)29-13-18(24)19-20(25-14-26-21(19)29)27-16-9-11-28(12-10-16)22(30)33-23(2,3)4/h5-8,13-14,16H,9-12H2,1-4H3,(H,25,26,27). The van der Waals surface area contributed by atoms with Crippen molar-refractivity contribution >= 4 is 44.6 Å². The number of hydrogen-bond acceptors (Lipinski definition) is 7. The molecule has 0 bridgehead atoms. The summed E-state index contributed by atoms with van der Waals surface area (Å²) < 4.78 is 33.0. The number of aromatic nitrogens is 3. The molecule has 3 aromatic rings. The quantitative estimate of drug-likeness (QED) is 0.558. The molecule has 1 aliphatic rings. The van der Waals surface area contributed by atoms with Crippen LogP contribution in [0.1, 0.15) is 39.2 Å². The molecule has 11 heteroatoms. The number of amides is 1. The number of hydrogen-bond donors (Lipinski definition) is 1. The van der Waals surface area contributed by atoms with E-state index in [0.717, 1.165) is 9.54 Å². The summed E-state index contributed by atoms with van der Waals surface area (Å²) in [4.78, 5) is 22.7. The molecular formula is C23H28ClN5O4S. The van der Waals surface area contributed by atoms with Crippen LogP contribution in [0.2, 0.25) is 5.02 Å². The van der Waals surface area contributed by atoms with Crippen LogP contribution in [-0.4, -0.2) is 58.1 Å². The lowest BCUT2D eigenvalue weighted by molar-refractivity contribution is 0.0210. The van der Waals surface area contributed by atoms with E-state index in [4.69, 9.17) is 16.3 Å². The van der Waals surface area contributed by atoms with Crippen molar-refractivity contribution in [2.75, 3.05) is 18.4 Å². The molecule has 0 unspecified atom stereocenters. The second-order valence-corrected chi connectivity index (χ2v) is 11.6. The number of nitrogens with zero attached hydrogens (tertiary/aromatic N) is 4. The van der Waals surface area contributed by atoms with Crippen molar-refractivity contribution in [3.05, 3.63) is 47.4 Å². The monoisotopic (exact) mass is 505 g/mol. The van der Waals surface area contributed by atoms with Gasteiger partial charge in [0.05, 0.1) is 15.3 Å². The summed E-state index contributed by atoms with van der Waals surface area (Å²) in [6, 6.07) is 6.63. The first kappa shape index (κ1) is 24.3. The van der Waals surface area contributed by atoms with Gasteiger partial charge in [-0.25, -0.2) is 27.2 Å². The molecule has 3 heterocycles. The van der Waals surface area contributed by atoms with E-state index in [1.165, 1.54) is 12.5 Å². The lowest BCUT2D eigenvalue weighted by atomic mass is 10.1. The second-order valence-electron chi connectivity index (χ2n) is 9.40. The maximum Gasteiger partial charge on any atom is 0.410 e. The molecule has 34 heavy (non-hydrogen) atoms. The highest BCUT2D eigenvalue weighted by molar-refractivity contribution is 7.90. The van der Waals surface area contributed by atoms with E-state index >= 15 is 0 Å². The Hall–Kier alpha value is -2.85. The van der Waals surface area contributed by atoms with Crippen LogP contribution in [0.5, 0.6) is 0 Å². The van der Waals surface area contributed by atoms with Crippen molar-refractivity contribution in [3.8, 4) is 0 Å². The first-order valence-electron chi connectivity index (χ1n) is 11.0. The predicted octanol–water partition coefficient (Wildman–Crippen LogP) is 4.44. The Labute approximate surface area is 204 Å². The van der Waals surface area contributed by atoms with Gasteiger partial charge in [0, 0.05) is 25.3 Å². The molecule has 9 nitrogen and oxygen atoms in total. The molecule has 0 radical (unpaired) electrons. The van der Waals surface area contributed by atoms with Crippen molar-refractivity contribution in [2.24, 2.45) is 0 Å². The van der Waals surface area contributed by atoms with Crippen molar-refractivity contribution in [3.63, 3.8) is 0 Å². The maximum atomic E-state index is 13.2. The highest BCUT2D eigenvalue weighted by atomic mass is 35.5. The van der Waals surface area contributed by atoms with Gasteiger partial charge in [0.25, 0.3) is 10.0 Å². The minimum absolute atomic E-state index is 0.0323. The smallest absolute Gasteiger partial charge is 0.410 e. The first-order valence-corrected chi connectivity index (χ1v) is 12.9. The van der Waals surface area contributed by atoms with Crippen LogP contribution in [0.3, 0.4) is 0 Å². The van der Waals surface area contributed by atoms with Crippen LogP contribution < -0.4 is 5.32 Å². The average Bonchev–Trinajstić information content (AvgIpc) is 3.12. The lowest BCUT2D eigenvalue weighted by Gasteiger charge is -2.34. The Balaban J connectivity index is 1.55. The third-order valence-corrected chi connectivity index (χ3v) is 7.52. The highest BCUT2D eigenvalue weighted by Crippen LogP contribution is 2.33. The second kappa shape index (κ2) is 9.07. The number of fused-ring (bicyclic) bond motifs is 1. The number of aryl methyl sites for hydroxylation is 1. The number of halogens is 1. The van der Waals surface area contributed by atoms with Gasteiger partial charge in [-0.15, -0.1) is 0 Å². The number of piperidine rings is 1. The Morgan fingerprint density at radius 2 is 1.79 bits per heavy atom. The lowest BCUT2D eigenvalue weighted by Crippen LogP contribution is -2.44. The number of likely N-dealkylation sites (tertiary alicyclic amines) is 1. The van der Waals surface area contributed by atoms with Crippen LogP contribution in [0.4, 0.5) is 10.6 Å². The zero-order valence-electron chi connectivity index (χ0n) is 19.6. The normalized spacial score (nSPS) is 15.5. The minimum Gasteiger partial charge on any atom is -0.444 e. The molecule has 2 aromatic heterocycles. The molecule has 0 saturated carbocycles. The Kier molecular flexibility index (Phi) is 6.48. The van der Waals surface area contributed by atoms with E-state index < -0.39 is 15.6 Å². The van der Waals surface area contributed by atoms with E-state index in [1.807, 2.05) is 27.7 Å². The fourth-order valence-electron chi connectivity index (χ4n) is 3.83. The molecule has 0 atom stereocenters. The van der Waals surface area contributed by atoms with Gasteiger partial charge in [-0.05, 0) is 52.7 Å². The zero-order chi connectivity index (χ0) is 24.7. The van der Waals surface area contributed by atoms with Gasteiger partial charge in [0.15, 0.2) is 5.65 Å². The number of rotatable bonds is 4. The third-order valence-electron chi connectivity index (χ3n) is 5.57. The van der Waals surface area contributed by atoms with Gasteiger partial charge in [-0.2, -0.15) is 0 Å². The first-order chi connectivity index (χ1) is 16.0. The molecule has 0 aliphatic carbocycles. The van der Waals surface area contributed by atoms with Crippen LogP contribution >= 0.6 is 11.6 Å². The minimum atomic E-state index is -3.89. The molecule has 182 valence electrons. The van der Waals surface area contributed by atoms with Crippen LogP contribution in [0.25, 0.3) is 11.0 Å². The Morgan fingerprint density at radius 3 is 2.41 bits per heavy atom. The number of anilines is 1. The Bertz CT molecular complexity index is 1310. The number of carbonyl (C=O) groups is 1. The topological polar surface area (TPSA) is 106 Å². The molecule has 1 amide bonds. The van der Waals surface area contributed by atoms with Crippen LogP contribution in [-0.2, 0) is 14.8 Å². The largest absolute Gasteiger partial charge is 0.444 e. The van der Waals surface area contributed by atoms with E-state index in [0.29, 0.717) is 37.1 Å². The highest BCUT2D eigenvalue weighted by Gasteiger charge is 2.28. The Morgan fingerprint density at radius 1 is 1.15 bits per heavy atom. The molecule has 1 saturated heterocycles. The van der Waals surface area contributed by atoms with Gasteiger partial charge in [-0.1, -0.05) is 29.3 Å². The van der Waals surface area contributed by atoms with Gasteiger partial charge < -0.3 is 15.0 Å². The van der Waals surface area contributed by atoms with Crippen molar-refractivity contribution < 1.29 is 17.9 Å². The number of benzene rings is 1. The van der Waals surface area contributed by atoms with Gasteiger partial charge in [0.2, 0.25) is 0 Å². The summed E-state index contributed by atoms with van der Waals surface area (Å²) in [5.41, 5.74) is 0.622. The van der Waals surface area contributed by atoms with Gasteiger partial charge in [-0.3, -0.25) is 0 Å². The fraction of sp³-hybridized carbons (Fsp3) is 0.435. The predicted molar refractivity (Wildman–Crippen MR) is 131 cm³/mol. The number of carbonyl (C=O) groups excluding carboxylic acids is 1. The molecule has 0 spiro atoms. The zero-order valence-corrected chi connectivity index (χ0v) is 21.2. The molecular weight excluding hydrogens is 478 g/mol. The van der Waals surface area contributed by atoms with Crippen molar-refractivity contribution in [2.45, 2.75) is 57.1 Å². The van der Waals surface area contributed by atoms with E-state index in [1.54, 1.807) is 29.2 Å². The summed E-state index contributed by atoms with van der Waals surface area (Å²) in [6.45, 7) is 8.49. The van der Waals surface area contributed by atoms with E-state index in [9.17, 15) is 13.2 Å². The molecule has 1 N–H and O–H groups in total. The molecule has 4 rings (SSSR count). The van der Waals surface area contributed by atoms with Crippen LogP contribution in [0, 0.1) is 6.92 Å². The van der Waals surface area contributed by atoms with Gasteiger partial charge in [0.1, 0.15) is 17.7 Å². The van der Waals surface area contributed by atoms with E-state index in [-0.39, 0.29) is 27.7 Å². The third kappa shape index (κ3) is 4.97. The van der Waals surface area contributed by atoms with Crippen molar-refractivity contribution in [1.82, 2.24) is 18.8 Å². The average molecular weight is 506 g/mol. The maximum absolute atomic E-state index is 13.2. The number of nitrogens with one attached hydrogen (secondary N) is 1. The summed E-state index contributed by atoms with van der Waals surface area (Å²) in [7, 11) is -3.89. The van der Waals surface area contributed by atoms with Crippen molar-refractivity contribution in [1.29, 1.82) is 0 Å². The summed E-state index contributed by atoms with van der Waals surface area (Å²) in [5, 5.41) is 4.04. The fourth-order valence-corrected chi connectivity index (χ4v) is 5.48. The summed E-state index contributed by atoms with van der Waals surface area (Å²) in [6.07, 6.45) is 3.72. The SMILES string of the molecule is Cc1ccc(S(=O)(=O)n2cc(Cl)c3c(NC4CCN(C(=O)OC(C)(C)C)CC4)ncnc32)cc1. The molecule has 1 aliphatic heterocycles. The van der Waals surface area contributed by atoms with Gasteiger partial charge >= 0.3 is 6.09 Å². The van der Waals surface area contributed by atoms with Crippen LogP contribution in [0.15, 0.2) is 41.7 Å². The summed E-state index contributed by atoms with van der Waals surface area (Å²) in [5.74, 6) is 0.462. The number of ether oxygens (including phenoxy) is 1.